The van der Waals surface area contributed by atoms with Crippen LogP contribution >= 0.6 is 0 Å². The third kappa shape index (κ3) is 6.24. The molecule has 0 atom stereocenters. The molecule has 0 bridgehead atoms. The number of esters is 1. The Hall–Kier alpha value is -2.24. The topological polar surface area (TPSA) is 83.0 Å². The first-order valence-electron chi connectivity index (χ1n) is 9.28. The third-order valence-corrected chi connectivity index (χ3v) is 4.33. The van der Waals surface area contributed by atoms with Crippen molar-refractivity contribution in [1.29, 1.82) is 0 Å². The van der Waals surface area contributed by atoms with E-state index in [0.29, 0.717) is 29.8 Å². The first kappa shape index (κ1) is 20.1. The summed E-state index contributed by atoms with van der Waals surface area (Å²) in [5.41, 5.74) is 0.862. The smallest absolute Gasteiger partial charge is 0.337 e. The molecule has 1 aliphatic carbocycles. The van der Waals surface area contributed by atoms with Crippen molar-refractivity contribution >= 4 is 17.6 Å². The number of benzene rings is 1. The summed E-state index contributed by atoms with van der Waals surface area (Å²) in [5.74, 6) is 0.247. The van der Waals surface area contributed by atoms with Crippen LogP contribution in [0.15, 0.2) is 23.2 Å². The van der Waals surface area contributed by atoms with E-state index >= 15 is 0 Å². The number of ether oxygens (including phenoxy) is 1. The van der Waals surface area contributed by atoms with Crippen LogP contribution in [0.25, 0.3) is 0 Å². The molecule has 1 aromatic rings. The Bertz CT molecular complexity index is 644. The highest BCUT2D eigenvalue weighted by Gasteiger charge is 2.18. The van der Waals surface area contributed by atoms with Crippen molar-refractivity contribution in [1.82, 2.24) is 5.32 Å². The van der Waals surface area contributed by atoms with Crippen LogP contribution in [0.4, 0.5) is 5.69 Å². The quantitative estimate of drug-likeness (QED) is 0.328. The summed E-state index contributed by atoms with van der Waals surface area (Å²) in [6.45, 7) is 7.03. The standard InChI is InChI=1S/C20H31N3O3/c1-20(2,3)13-21-19(22-15-8-6-5-7-9-15)23-16-12-14(18(25)26-4)10-11-17(16)24/h10-12,15,24H,5-9,13H2,1-4H3,(H2,21,22,23). The van der Waals surface area contributed by atoms with Gasteiger partial charge in [0.25, 0.3) is 0 Å². The Morgan fingerprint density at radius 1 is 1.27 bits per heavy atom. The Morgan fingerprint density at radius 3 is 2.58 bits per heavy atom. The van der Waals surface area contributed by atoms with Gasteiger partial charge in [-0.2, -0.15) is 0 Å². The number of hydrogen-bond donors (Lipinski definition) is 3. The first-order valence-corrected chi connectivity index (χ1v) is 9.28. The number of aromatic hydroxyl groups is 1. The molecule has 0 unspecified atom stereocenters. The van der Waals surface area contributed by atoms with Crippen molar-refractivity contribution in [2.24, 2.45) is 10.4 Å². The monoisotopic (exact) mass is 361 g/mol. The Morgan fingerprint density at radius 2 is 1.96 bits per heavy atom. The molecule has 2 rings (SSSR count). The maximum Gasteiger partial charge on any atom is 0.337 e. The SMILES string of the molecule is COC(=O)c1ccc(O)c(NC(=NCC(C)(C)C)NC2CCCCC2)c1. The molecule has 0 amide bonds. The van der Waals surface area contributed by atoms with Gasteiger partial charge in [0.05, 0.1) is 18.4 Å². The fourth-order valence-corrected chi connectivity index (χ4v) is 2.89. The van der Waals surface area contributed by atoms with Crippen molar-refractivity contribution in [3.05, 3.63) is 23.8 Å². The number of anilines is 1. The fraction of sp³-hybridized carbons (Fsp3) is 0.600. The average molecular weight is 361 g/mol. The fourth-order valence-electron chi connectivity index (χ4n) is 2.89. The Kier molecular flexibility index (Phi) is 6.89. The number of nitrogens with one attached hydrogen (secondary N) is 2. The summed E-state index contributed by atoms with van der Waals surface area (Å²) >= 11 is 0. The Labute approximate surface area is 156 Å². The lowest BCUT2D eigenvalue weighted by Gasteiger charge is -2.26. The minimum absolute atomic E-state index is 0.0527. The molecule has 1 fully saturated rings. The number of carbonyl (C=O) groups excluding carboxylic acids is 1. The Balaban J connectivity index is 2.20. The molecule has 0 aromatic heterocycles. The normalized spacial score (nSPS) is 16.2. The zero-order valence-corrected chi connectivity index (χ0v) is 16.3. The highest BCUT2D eigenvalue weighted by molar-refractivity contribution is 5.97. The molecule has 1 saturated carbocycles. The summed E-state index contributed by atoms with van der Waals surface area (Å²) in [5, 5.41) is 16.8. The average Bonchev–Trinajstić information content (AvgIpc) is 2.61. The number of phenols is 1. The zero-order chi connectivity index (χ0) is 19.2. The summed E-state index contributed by atoms with van der Waals surface area (Å²) in [6.07, 6.45) is 5.94. The van der Waals surface area contributed by atoms with Crippen LogP contribution in [0.1, 0.15) is 63.2 Å². The molecule has 0 radical (unpaired) electrons. The molecule has 0 heterocycles. The molecule has 0 saturated heterocycles. The number of guanidine groups is 1. The van der Waals surface area contributed by atoms with Gasteiger partial charge in [-0.3, -0.25) is 4.99 Å². The summed E-state index contributed by atoms with van der Waals surface area (Å²) < 4.78 is 4.76. The van der Waals surface area contributed by atoms with Crippen LogP contribution in [-0.4, -0.2) is 36.7 Å². The third-order valence-electron chi connectivity index (χ3n) is 4.33. The van der Waals surface area contributed by atoms with E-state index in [0.717, 1.165) is 12.8 Å². The molecule has 6 heteroatoms. The number of nitrogens with zero attached hydrogens (tertiary/aromatic N) is 1. The minimum Gasteiger partial charge on any atom is -0.506 e. The van der Waals surface area contributed by atoms with E-state index in [9.17, 15) is 9.90 Å². The largest absolute Gasteiger partial charge is 0.506 e. The van der Waals surface area contributed by atoms with Gasteiger partial charge in [-0.15, -0.1) is 0 Å². The highest BCUT2D eigenvalue weighted by Crippen LogP contribution is 2.25. The number of carbonyl (C=O) groups is 1. The summed E-state index contributed by atoms with van der Waals surface area (Å²) in [6, 6.07) is 4.97. The maximum absolute atomic E-state index is 11.8. The van der Waals surface area contributed by atoms with E-state index in [-0.39, 0.29) is 11.2 Å². The predicted molar refractivity (Wildman–Crippen MR) is 105 cm³/mol. The minimum atomic E-state index is -0.443. The maximum atomic E-state index is 11.8. The molecular formula is C20H31N3O3. The van der Waals surface area contributed by atoms with Gasteiger partial charge in [-0.25, -0.2) is 4.79 Å². The van der Waals surface area contributed by atoms with Crippen molar-refractivity contribution < 1.29 is 14.6 Å². The molecule has 1 aliphatic rings. The molecular weight excluding hydrogens is 330 g/mol. The van der Waals surface area contributed by atoms with Gasteiger partial charge in [-0.05, 0) is 36.5 Å². The zero-order valence-electron chi connectivity index (χ0n) is 16.3. The van der Waals surface area contributed by atoms with Gasteiger partial charge >= 0.3 is 5.97 Å². The summed E-state index contributed by atoms with van der Waals surface area (Å²) in [4.78, 5) is 16.4. The summed E-state index contributed by atoms with van der Waals surface area (Å²) in [7, 11) is 1.34. The predicted octanol–water partition coefficient (Wildman–Crippen LogP) is 3.92. The van der Waals surface area contributed by atoms with Gasteiger partial charge in [0.2, 0.25) is 0 Å². The van der Waals surface area contributed by atoms with E-state index in [4.69, 9.17) is 4.74 Å². The molecule has 0 aliphatic heterocycles. The van der Waals surface area contributed by atoms with Crippen LogP contribution in [0, 0.1) is 5.41 Å². The van der Waals surface area contributed by atoms with E-state index in [1.807, 2.05) is 0 Å². The molecule has 26 heavy (non-hydrogen) atoms. The van der Waals surface area contributed by atoms with Gasteiger partial charge < -0.3 is 20.5 Å². The molecule has 144 valence electrons. The lowest BCUT2D eigenvalue weighted by Crippen LogP contribution is -2.40. The van der Waals surface area contributed by atoms with Gasteiger partial charge in [0, 0.05) is 12.6 Å². The van der Waals surface area contributed by atoms with E-state index in [2.05, 4.69) is 36.4 Å². The highest BCUT2D eigenvalue weighted by atomic mass is 16.5. The molecule has 3 N–H and O–H groups in total. The number of phenolic OH excluding ortho intramolecular Hbond substituents is 1. The number of methoxy groups -OCH3 is 1. The second-order valence-corrected chi connectivity index (χ2v) is 8.05. The van der Waals surface area contributed by atoms with E-state index < -0.39 is 5.97 Å². The second-order valence-electron chi connectivity index (χ2n) is 8.05. The lowest BCUT2D eigenvalue weighted by atomic mass is 9.95. The molecule has 1 aromatic carbocycles. The van der Waals surface area contributed by atoms with Crippen molar-refractivity contribution in [3.8, 4) is 5.75 Å². The van der Waals surface area contributed by atoms with Crippen LogP contribution in [0.5, 0.6) is 5.75 Å². The second kappa shape index (κ2) is 8.92. The number of rotatable bonds is 4. The molecule has 0 spiro atoms. The number of aliphatic imine (C=N–C) groups is 1. The van der Waals surface area contributed by atoms with Gasteiger partial charge in [0.15, 0.2) is 5.96 Å². The molecule has 6 nitrogen and oxygen atoms in total. The van der Waals surface area contributed by atoms with Crippen LogP contribution in [0.2, 0.25) is 0 Å². The van der Waals surface area contributed by atoms with Crippen molar-refractivity contribution in [2.45, 2.75) is 58.9 Å². The van der Waals surface area contributed by atoms with Crippen molar-refractivity contribution in [3.63, 3.8) is 0 Å². The first-order chi connectivity index (χ1) is 12.3. The van der Waals surface area contributed by atoms with Gasteiger partial charge in [-0.1, -0.05) is 40.0 Å². The van der Waals surface area contributed by atoms with E-state index in [1.165, 1.54) is 38.5 Å². The van der Waals surface area contributed by atoms with Crippen LogP contribution in [-0.2, 0) is 4.74 Å². The van der Waals surface area contributed by atoms with Gasteiger partial charge in [0.1, 0.15) is 5.75 Å². The van der Waals surface area contributed by atoms with Crippen molar-refractivity contribution in [2.75, 3.05) is 19.0 Å². The number of hydrogen-bond acceptors (Lipinski definition) is 4. The lowest BCUT2D eigenvalue weighted by molar-refractivity contribution is 0.0601. The van der Waals surface area contributed by atoms with E-state index in [1.54, 1.807) is 6.07 Å². The van der Waals surface area contributed by atoms with Crippen LogP contribution in [0.3, 0.4) is 0 Å². The van der Waals surface area contributed by atoms with Crippen LogP contribution < -0.4 is 10.6 Å².